The second kappa shape index (κ2) is 6.31. The summed E-state index contributed by atoms with van der Waals surface area (Å²) in [4.78, 5) is 16.8. The number of nitrogens with one attached hydrogen (secondary N) is 1. The lowest BCUT2D eigenvalue weighted by Crippen LogP contribution is -2.53. The first-order valence-corrected chi connectivity index (χ1v) is 7.43. The first-order valence-electron chi connectivity index (χ1n) is 7.43. The van der Waals surface area contributed by atoms with E-state index in [0.29, 0.717) is 23.9 Å². The molecule has 0 unspecified atom stereocenters. The van der Waals surface area contributed by atoms with Gasteiger partial charge in [-0.05, 0) is 19.8 Å². The minimum atomic E-state index is -0.406. The molecule has 0 bridgehead atoms. The van der Waals surface area contributed by atoms with Gasteiger partial charge in [0.05, 0.1) is 17.3 Å². The fourth-order valence-electron chi connectivity index (χ4n) is 2.33. The zero-order chi connectivity index (χ0) is 16.3. The largest absolute Gasteiger partial charge is 0.440 e. The van der Waals surface area contributed by atoms with Crippen molar-refractivity contribution in [3.8, 4) is 11.5 Å². The zero-order valence-electron chi connectivity index (χ0n) is 13.5. The van der Waals surface area contributed by atoms with Gasteiger partial charge in [0, 0.05) is 19.8 Å². The summed E-state index contributed by atoms with van der Waals surface area (Å²) in [5.41, 5.74) is 6.44. The Balaban J connectivity index is 2.26. The van der Waals surface area contributed by atoms with Gasteiger partial charge in [0.15, 0.2) is 5.69 Å². The van der Waals surface area contributed by atoms with E-state index < -0.39 is 5.54 Å². The van der Waals surface area contributed by atoms with E-state index in [4.69, 9.17) is 10.2 Å². The molecule has 0 aromatic carbocycles. The van der Waals surface area contributed by atoms with Crippen LogP contribution < -0.4 is 11.1 Å². The van der Waals surface area contributed by atoms with Crippen molar-refractivity contribution < 1.29 is 9.21 Å². The van der Waals surface area contributed by atoms with Crippen LogP contribution in [-0.2, 0) is 7.05 Å². The molecule has 120 valence electrons. The summed E-state index contributed by atoms with van der Waals surface area (Å²) in [5, 5.41) is 7.07. The molecule has 1 amide bonds. The van der Waals surface area contributed by atoms with Crippen LogP contribution in [0.15, 0.2) is 16.8 Å². The molecular weight excluding hydrogens is 282 g/mol. The van der Waals surface area contributed by atoms with Gasteiger partial charge in [-0.2, -0.15) is 5.10 Å². The molecule has 0 aliphatic heterocycles. The third-order valence-electron chi connectivity index (χ3n) is 4.09. The third-order valence-corrected chi connectivity index (χ3v) is 4.09. The zero-order valence-corrected chi connectivity index (χ0v) is 13.5. The smallest absolute Gasteiger partial charge is 0.274 e. The van der Waals surface area contributed by atoms with E-state index in [1.54, 1.807) is 24.0 Å². The Morgan fingerprint density at radius 1 is 1.45 bits per heavy atom. The minimum Gasteiger partial charge on any atom is -0.440 e. The van der Waals surface area contributed by atoms with Crippen molar-refractivity contribution in [2.75, 3.05) is 6.54 Å². The van der Waals surface area contributed by atoms with Crippen molar-refractivity contribution >= 4 is 5.91 Å². The number of aryl methyl sites for hydroxylation is 2. The molecular formula is C15H23N5O2. The number of aromatic nitrogens is 3. The second-order valence-electron chi connectivity index (χ2n) is 5.47. The SMILES string of the molecule is CCC(CC)(CN)NC(=O)c1nc(-c2cnn(C)c2)oc1C. The molecule has 2 rings (SSSR count). The summed E-state index contributed by atoms with van der Waals surface area (Å²) in [6.45, 7) is 6.13. The van der Waals surface area contributed by atoms with Gasteiger partial charge >= 0.3 is 0 Å². The summed E-state index contributed by atoms with van der Waals surface area (Å²) in [6, 6.07) is 0. The molecule has 0 aliphatic rings. The lowest BCUT2D eigenvalue weighted by molar-refractivity contribution is 0.0889. The van der Waals surface area contributed by atoms with Crippen molar-refractivity contribution in [1.82, 2.24) is 20.1 Å². The average molecular weight is 305 g/mol. The number of hydrogen-bond acceptors (Lipinski definition) is 5. The Labute approximate surface area is 129 Å². The van der Waals surface area contributed by atoms with E-state index in [1.165, 1.54) is 0 Å². The van der Waals surface area contributed by atoms with Gasteiger partial charge in [0.1, 0.15) is 5.76 Å². The van der Waals surface area contributed by atoms with Crippen LogP contribution in [-0.4, -0.2) is 32.8 Å². The molecule has 2 heterocycles. The van der Waals surface area contributed by atoms with Crippen LogP contribution in [0.25, 0.3) is 11.5 Å². The van der Waals surface area contributed by atoms with Gasteiger partial charge in [-0.3, -0.25) is 9.48 Å². The highest BCUT2D eigenvalue weighted by molar-refractivity contribution is 5.94. The normalized spacial score (nSPS) is 11.7. The van der Waals surface area contributed by atoms with Crippen molar-refractivity contribution in [2.45, 2.75) is 39.2 Å². The highest BCUT2D eigenvalue weighted by atomic mass is 16.4. The Morgan fingerprint density at radius 3 is 2.64 bits per heavy atom. The first-order chi connectivity index (χ1) is 10.4. The molecule has 0 saturated carbocycles. The molecule has 2 aromatic heterocycles. The molecule has 0 fully saturated rings. The van der Waals surface area contributed by atoms with Crippen LogP contribution in [0.1, 0.15) is 42.9 Å². The fourth-order valence-corrected chi connectivity index (χ4v) is 2.33. The van der Waals surface area contributed by atoms with Crippen LogP contribution in [0.4, 0.5) is 0 Å². The Morgan fingerprint density at radius 2 is 2.14 bits per heavy atom. The summed E-state index contributed by atoms with van der Waals surface area (Å²) in [6.07, 6.45) is 4.96. The summed E-state index contributed by atoms with van der Waals surface area (Å²) < 4.78 is 7.25. The van der Waals surface area contributed by atoms with Crippen molar-refractivity contribution in [1.29, 1.82) is 0 Å². The maximum absolute atomic E-state index is 12.5. The van der Waals surface area contributed by atoms with Gasteiger partial charge in [-0.1, -0.05) is 13.8 Å². The summed E-state index contributed by atoms with van der Waals surface area (Å²) >= 11 is 0. The second-order valence-corrected chi connectivity index (χ2v) is 5.47. The number of oxazole rings is 1. The number of nitrogens with two attached hydrogens (primary N) is 1. The van der Waals surface area contributed by atoms with Crippen LogP contribution in [0.3, 0.4) is 0 Å². The molecule has 0 spiro atoms. The van der Waals surface area contributed by atoms with Crippen molar-refractivity contribution in [3.05, 3.63) is 23.8 Å². The highest BCUT2D eigenvalue weighted by Crippen LogP contribution is 2.22. The fraction of sp³-hybridized carbons (Fsp3) is 0.533. The van der Waals surface area contributed by atoms with E-state index in [1.807, 2.05) is 20.9 Å². The molecule has 0 atom stereocenters. The van der Waals surface area contributed by atoms with Crippen LogP contribution in [0.2, 0.25) is 0 Å². The lowest BCUT2D eigenvalue weighted by Gasteiger charge is -2.31. The van der Waals surface area contributed by atoms with Gasteiger partial charge in [0.2, 0.25) is 5.89 Å². The Bertz CT molecular complexity index is 646. The summed E-state index contributed by atoms with van der Waals surface area (Å²) in [7, 11) is 1.81. The number of carbonyl (C=O) groups is 1. The number of hydrogen-bond donors (Lipinski definition) is 2. The van der Waals surface area contributed by atoms with E-state index in [9.17, 15) is 4.79 Å². The van der Waals surface area contributed by atoms with Crippen molar-refractivity contribution in [3.63, 3.8) is 0 Å². The number of rotatable bonds is 6. The molecule has 7 heteroatoms. The van der Waals surface area contributed by atoms with Crippen LogP contribution >= 0.6 is 0 Å². The first kappa shape index (κ1) is 16.2. The molecule has 7 nitrogen and oxygen atoms in total. The van der Waals surface area contributed by atoms with Crippen molar-refractivity contribution in [2.24, 2.45) is 12.8 Å². The predicted molar refractivity (Wildman–Crippen MR) is 83.3 cm³/mol. The number of carbonyl (C=O) groups excluding carboxylic acids is 1. The van der Waals surface area contributed by atoms with E-state index in [0.717, 1.165) is 18.4 Å². The maximum atomic E-state index is 12.5. The minimum absolute atomic E-state index is 0.259. The van der Waals surface area contributed by atoms with Gasteiger partial charge in [-0.25, -0.2) is 4.98 Å². The van der Waals surface area contributed by atoms with Gasteiger partial charge in [0.25, 0.3) is 5.91 Å². The molecule has 2 aromatic rings. The monoisotopic (exact) mass is 305 g/mol. The standard InChI is InChI=1S/C15H23N5O2/c1-5-15(6-2,9-16)19-13(21)12-10(3)22-14(18-12)11-7-17-20(4)8-11/h7-8H,5-6,9,16H2,1-4H3,(H,19,21). The Hall–Kier alpha value is -2.15. The number of nitrogens with zero attached hydrogens (tertiary/aromatic N) is 3. The topological polar surface area (TPSA) is 99.0 Å². The molecule has 22 heavy (non-hydrogen) atoms. The van der Waals surface area contributed by atoms with Gasteiger partial charge < -0.3 is 15.5 Å². The Kier molecular flexibility index (Phi) is 4.65. The van der Waals surface area contributed by atoms with E-state index in [2.05, 4.69) is 15.4 Å². The maximum Gasteiger partial charge on any atom is 0.274 e. The number of amides is 1. The lowest BCUT2D eigenvalue weighted by atomic mass is 9.93. The average Bonchev–Trinajstić information content (AvgIpc) is 3.11. The summed E-state index contributed by atoms with van der Waals surface area (Å²) in [5.74, 6) is 0.613. The van der Waals surface area contributed by atoms with Crippen LogP contribution in [0.5, 0.6) is 0 Å². The quantitative estimate of drug-likeness (QED) is 0.845. The van der Waals surface area contributed by atoms with Gasteiger partial charge in [-0.15, -0.1) is 0 Å². The molecule has 3 N–H and O–H groups in total. The molecule has 0 radical (unpaired) electrons. The predicted octanol–water partition coefficient (Wildman–Crippen LogP) is 1.63. The molecule has 0 saturated heterocycles. The van der Waals surface area contributed by atoms with Crippen LogP contribution in [0, 0.1) is 6.92 Å². The third kappa shape index (κ3) is 3.04. The molecule has 0 aliphatic carbocycles. The van der Waals surface area contributed by atoms with E-state index >= 15 is 0 Å². The van der Waals surface area contributed by atoms with E-state index in [-0.39, 0.29) is 5.91 Å². The highest BCUT2D eigenvalue weighted by Gasteiger charge is 2.29.